The number of hydrogen-bond donors (Lipinski definition) is 1. The van der Waals surface area contributed by atoms with E-state index in [1.54, 1.807) is 6.07 Å². The number of benzene rings is 1. The summed E-state index contributed by atoms with van der Waals surface area (Å²) in [5.74, 6) is -0.0431. The number of aromatic nitrogens is 1. The molecule has 1 N–H and O–H groups in total. The second kappa shape index (κ2) is 6.29. The van der Waals surface area contributed by atoms with Crippen molar-refractivity contribution in [2.24, 2.45) is 5.10 Å². The first-order valence-corrected chi connectivity index (χ1v) is 5.87. The Bertz CT molecular complexity index is 704. The summed E-state index contributed by atoms with van der Waals surface area (Å²) in [4.78, 5) is 15.5. The van der Waals surface area contributed by atoms with Gasteiger partial charge in [-0.25, -0.2) is 10.4 Å². The number of para-hydroxylation sites is 1. The van der Waals surface area contributed by atoms with Crippen molar-refractivity contribution in [3.63, 3.8) is 0 Å². The molecule has 0 aliphatic heterocycles. The lowest BCUT2D eigenvalue weighted by Gasteiger charge is -2.05. The fourth-order valence-corrected chi connectivity index (χ4v) is 1.66. The van der Waals surface area contributed by atoms with Gasteiger partial charge in [0.15, 0.2) is 0 Å². The van der Waals surface area contributed by atoms with Crippen LogP contribution in [0.3, 0.4) is 0 Å². The Balaban J connectivity index is 2.26. The van der Waals surface area contributed by atoms with E-state index in [4.69, 9.17) is 10.00 Å². The number of pyridine rings is 1. The lowest BCUT2D eigenvalue weighted by molar-refractivity contribution is -0.120. The van der Waals surface area contributed by atoms with Crippen LogP contribution in [0.15, 0.2) is 35.4 Å². The van der Waals surface area contributed by atoms with Gasteiger partial charge in [0.25, 0.3) is 5.91 Å². The van der Waals surface area contributed by atoms with Gasteiger partial charge in [-0.15, -0.1) is 0 Å². The summed E-state index contributed by atoms with van der Waals surface area (Å²) >= 11 is 0. The first-order valence-electron chi connectivity index (χ1n) is 5.87. The van der Waals surface area contributed by atoms with E-state index < -0.39 is 5.91 Å². The molecule has 0 fully saturated rings. The van der Waals surface area contributed by atoms with Crippen molar-refractivity contribution in [1.29, 1.82) is 5.26 Å². The zero-order chi connectivity index (χ0) is 14.4. The number of hydrogen-bond acceptors (Lipinski definition) is 5. The number of carbonyl (C=O) groups is 1. The molecule has 0 bridgehead atoms. The lowest BCUT2D eigenvalue weighted by Crippen LogP contribution is -2.16. The predicted molar refractivity (Wildman–Crippen MR) is 74.3 cm³/mol. The number of nitrogens with zero attached hydrogens (tertiary/aromatic N) is 3. The fourth-order valence-electron chi connectivity index (χ4n) is 1.66. The molecule has 0 unspecified atom stereocenters. The van der Waals surface area contributed by atoms with Gasteiger partial charge in [-0.3, -0.25) is 4.79 Å². The molecule has 100 valence electrons. The molecular formula is C14H12N4O2. The Morgan fingerprint density at radius 1 is 1.55 bits per heavy atom. The van der Waals surface area contributed by atoms with Gasteiger partial charge in [-0.1, -0.05) is 18.2 Å². The second-order valence-electron chi connectivity index (χ2n) is 3.91. The van der Waals surface area contributed by atoms with E-state index in [1.165, 1.54) is 13.3 Å². The highest BCUT2D eigenvalue weighted by atomic mass is 16.5. The highest BCUT2D eigenvalue weighted by Crippen LogP contribution is 2.20. The molecule has 6 heteroatoms. The van der Waals surface area contributed by atoms with E-state index in [0.717, 1.165) is 10.9 Å². The molecular weight excluding hydrogens is 256 g/mol. The standard InChI is InChI=1S/C14H12N4O2/c1-20-14-11(9-16-18-13(19)6-7-15)8-10-4-2-3-5-12(10)17-14/h2-5,8-9H,6H2,1H3,(H,18,19). The van der Waals surface area contributed by atoms with Crippen LogP contribution in [0.1, 0.15) is 12.0 Å². The summed E-state index contributed by atoms with van der Waals surface area (Å²) < 4.78 is 5.19. The zero-order valence-corrected chi connectivity index (χ0v) is 10.8. The number of fused-ring (bicyclic) bond motifs is 1. The molecule has 1 amide bonds. The highest BCUT2D eigenvalue weighted by Gasteiger charge is 2.05. The summed E-state index contributed by atoms with van der Waals surface area (Å²) in [6, 6.07) is 11.2. The number of carbonyl (C=O) groups excluding carboxylic acids is 1. The Morgan fingerprint density at radius 3 is 3.10 bits per heavy atom. The molecule has 0 saturated carbocycles. The number of hydrazone groups is 1. The monoisotopic (exact) mass is 268 g/mol. The fraction of sp³-hybridized carbons (Fsp3) is 0.143. The normalized spacial score (nSPS) is 10.4. The first kappa shape index (κ1) is 13.5. The van der Waals surface area contributed by atoms with Gasteiger partial charge in [0.2, 0.25) is 5.88 Å². The average molecular weight is 268 g/mol. The SMILES string of the molecule is COc1nc2ccccc2cc1C=NNC(=O)CC#N. The molecule has 0 spiro atoms. The molecule has 20 heavy (non-hydrogen) atoms. The maximum atomic E-state index is 11.1. The van der Waals surface area contributed by atoms with Crippen LogP contribution in [0.25, 0.3) is 10.9 Å². The molecule has 0 aliphatic rings. The Kier molecular flexibility index (Phi) is 4.24. The molecule has 0 atom stereocenters. The van der Waals surface area contributed by atoms with Crippen molar-refractivity contribution in [1.82, 2.24) is 10.4 Å². The third-order valence-corrected chi connectivity index (χ3v) is 2.54. The molecule has 6 nitrogen and oxygen atoms in total. The van der Waals surface area contributed by atoms with Gasteiger partial charge in [0, 0.05) is 5.39 Å². The average Bonchev–Trinajstić information content (AvgIpc) is 2.46. The largest absolute Gasteiger partial charge is 0.481 e. The van der Waals surface area contributed by atoms with Crippen LogP contribution in [0.5, 0.6) is 5.88 Å². The van der Waals surface area contributed by atoms with Gasteiger partial charge < -0.3 is 4.74 Å². The van der Waals surface area contributed by atoms with Crippen LogP contribution in [-0.2, 0) is 4.79 Å². The number of nitriles is 1. The smallest absolute Gasteiger partial charge is 0.254 e. The third-order valence-electron chi connectivity index (χ3n) is 2.54. The predicted octanol–water partition coefficient (Wildman–Crippen LogP) is 1.61. The highest BCUT2D eigenvalue weighted by molar-refractivity contribution is 5.91. The molecule has 2 rings (SSSR count). The minimum Gasteiger partial charge on any atom is -0.481 e. The van der Waals surface area contributed by atoms with Crippen LogP contribution in [0.2, 0.25) is 0 Å². The molecule has 0 aliphatic carbocycles. The van der Waals surface area contributed by atoms with Crippen LogP contribution >= 0.6 is 0 Å². The van der Waals surface area contributed by atoms with Gasteiger partial charge in [0.05, 0.1) is 30.5 Å². The zero-order valence-electron chi connectivity index (χ0n) is 10.8. The Hall–Kier alpha value is -2.94. The van der Waals surface area contributed by atoms with Crippen LogP contribution in [0.4, 0.5) is 0 Å². The third kappa shape index (κ3) is 3.09. The molecule has 1 aromatic carbocycles. The van der Waals surface area contributed by atoms with Crippen LogP contribution < -0.4 is 10.2 Å². The molecule has 0 saturated heterocycles. The topological polar surface area (TPSA) is 87.4 Å². The van der Waals surface area contributed by atoms with Crippen molar-refractivity contribution in [3.8, 4) is 11.9 Å². The van der Waals surface area contributed by atoms with Gasteiger partial charge in [-0.2, -0.15) is 10.4 Å². The summed E-state index contributed by atoms with van der Waals surface area (Å²) in [6.45, 7) is 0. The number of methoxy groups -OCH3 is 1. The maximum Gasteiger partial charge on any atom is 0.254 e. The molecule has 0 radical (unpaired) electrons. The lowest BCUT2D eigenvalue weighted by atomic mass is 10.1. The summed E-state index contributed by atoms with van der Waals surface area (Å²) in [5.41, 5.74) is 3.71. The van der Waals surface area contributed by atoms with Crippen molar-refractivity contribution < 1.29 is 9.53 Å². The summed E-state index contributed by atoms with van der Waals surface area (Å²) in [6.07, 6.45) is 1.21. The first-order chi connectivity index (χ1) is 9.74. The van der Waals surface area contributed by atoms with Crippen LogP contribution in [0, 0.1) is 11.3 Å². The van der Waals surface area contributed by atoms with E-state index in [9.17, 15) is 4.79 Å². The Morgan fingerprint density at radius 2 is 2.35 bits per heavy atom. The molecule has 1 aromatic heterocycles. The van der Waals surface area contributed by atoms with Gasteiger partial charge >= 0.3 is 0 Å². The number of amides is 1. The van der Waals surface area contributed by atoms with Gasteiger partial charge in [-0.05, 0) is 12.1 Å². The van der Waals surface area contributed by atoms with E-state index in [-0.39, 0.29) is 6.42 Å². The van der Waals surface area contributed by atoms with E-state index in [1.807, 2.05) is 30.3 Å². The van der Waals surface area contributed by atoms with Crippen LogP contribution in [-0.4, -0.2) is 24.2 Å². The van der Waals surface area contributed by atoms with Crippen molar-refractivity contribution in [3.05, 3.63) is 35.9 Å². The van der Waals surface area contributed by atoms with E-state index in [2.05, 4.69) is 15.5 Å². The molecule has 2 aromatic rings. The van der Waals surface area contributed by atoms with Crippen molar-refractivity contribution in [2.75, 3.05) is 7.11 Å². The van der Waals surface area contributed by atoms with E-state index >= 15 is 0 Å². The minimum atomic E-state index is -0.462. The minimum absolute atomic E-state index is 0.232. The summed E-state index contributed by atoms with van der Waals surface area (Å²) in [5, 5.41) is 13.1. The summed E-state index contributed by atoms with van der Waals surface area (Å²) in [7, 11) is 1.52. The Labute approximate surface area is 115 Å². The second-order valence-corrected chi connectivity index (χ2v) is 3.91. The van der Waals surface area contributed by atoms with E-state index in [0.29, 0.717) is 11.4 Å². The molecule has 1 heterocycles. The number of nitrogens with one attached hydrogen (secondary N) is 1. The van der Waals surface area contributed by atoms with Gasteiger partial charge in [0.1, 0.15) is 6.42 Å². The van der Waals surface area contributed by atoms with Crippen molar-refractivity contribution >= 4 is 23.0 Å². The quantitative estimate of drug-likeness (QED) is 0.674. The maximum absolute atomic E-state index is 11.1. The van der Waals surface area contributed by atoms with Crippen molar-refractivity contribution in [2.45, 2.75) is 6.42 Å². The number of ether oxygens (including phenoxy) is 1. The number of rotatable bonds is 4.